The molecule has 5 nitrogen and oxygen atoms in total. The number of aromatic nitrogens is 1. The van der Waals surface area contributed by atoms with Gasteiger partial charge in [0, 0.05) is 18.8 Å². The van der Waals surface area contributed by atoms with Gasteiger partial charge in [0.05, 0.1) is 16.1 Å². The zero-order chi connectivity index (χ0) is 30.8. The molecule has 41 heavy (non-hydrogen) atoms. The fourth-order valence-electron chi connectivity index (χ4n) is 3.49. The summed E-state index contributed by atoms with van der Waals surface area (Å²) in [6, 6.07) is 7.45. The standard InChI is InChI=1S/C25H16ClF10N3O2/c1-39(21-4-2-3-9-37-21)38-22(40)15-7-5-14(10-17(15)24(31,32)33)19(27)12-16(23(28,29)30)13-6-8-18(26)20(11-13)41-25(34,35)36/h2-12,16H,1H3,(H,38,40). The smallest absolute Gasteiger partial charge is 0.404 e. The van der Waals surface area contributed by atoms with E-state index < -0.39 is 69.4 Å². The first-order valence-corrected chi connectivity index (χ1v) is 11.4. The number of nitrogens with one attached hydrogen (secondary N) is 1. The molecular weight excluding hydrogens is 600 g/mol. The highest BCUT2D eigenvalue weighted by molar-refractivity contribution is 6.32. The zero-order valence-electron chi connectivity index (χ0n) is 20.3. The lowest BCUT2D eigenvalue weighted by Gasteiger charge is -2.21. The van der Waals surface area contributed by atoms with Crippen LogP contribution in [0.3, 0.4) is 0 Å². The molecule has 1 aromatic heterocycles. The molecule has 3 rings (SSSR count). The van der Waals surface area contributed by atoms with Crippen LogP contribution in [0.2, 0.25) is 5.02 Å². The second kappa shape index (κ2) is 11.8. The Labute approximate surface area is 230 Å². The Kier molecular flexibility index (Phi) is 9.11. The number of anilines is 1. The van der Waals surface area contributed by atoms with Crippen molar-refractivity contribution in [2.45, 2.75) is 24.6 Å². The van der Waals surface area contributed by atoms with Crippen LogP contribution in [0.25, 0.3) is 5.83 Å². The molecule has 3 aromatic rings. The normalized spacial score (nSPS) is 13.5. The van der Waals surface area contributed by atoms with E-state index in [1.54, 1.807) is 12.1 Å². The summed E-state index contributed by atoms with van der Waals surface area (Å²) in [6.07, 6.45) is -14.6. The predicted octanol–water partition coefficient (Wildman–Crippen LogP) is 8.09. The summed E-state index contributed by atoms with van der Waals surface area (Å²) in [6.45, 7) is 0. The Balaban J connectivity index is 2.00. The molecule has 0 saturated carbocycles. The van der Waals surface area contributed by atoms with Gasteiger partial charge in [-0.3, -0.25) is 15.2 Å². The number of carbonyl (C=O) groups excluding carboxylic acids is 1. The molecule has 0 bridgehead atoms. The van der Waals surface area contributed by atoms with Crippen molar-refractivity contribution in [3.8, 4) is 5.75 Å². The minimum absolute atomic E-state index is 0.120. The van der Waals surface area contributed by atoms with E-state index in [1.807, 2.05) is 0 Å². The fraction of sp³-hybridized carbons (Fsp3) is 0.200. The number of carbonyl (C=O) groups is 1. The summed E-state index contributed by atoms with van der Waals surface area (Å²) in [5.41, 5.74) is -2.42. The topological polar surface area (TPSA) is 54.5 Å². The molecule has 0 saturated heterocycles. The summed E-state index contributed by atoms with van der Waals surface area (Å²) in [5.74, 6) is -7.05. The van der Waals surface area contributed by atoms with Crippen LogP contribution in [0, 0.1) is 0 Å². The lowest BCUT2D eigenvalue weighted by Crippen LogP contribution is -2.40. The van der Waals surface area contributed by atoms with E-state index in [2.05, 4.69) is 15.1 Å². The van der Waals surface area contributed by atoms with Crippen LogP contribution < -0.4 is 15.2 Å². The number of halogens is 11. The molecule has 1 amide bonds. The fourth-order valence-corrected chi connectivity index (χ4v) is 3.64. The van der Waals surface area contributed by atoms with Gasteiger partial charge in [0.1, 0.15) is 23.3 Å². The lowest BCUT2D eigenvalue weighted by atomic mass is 9.95. The summed E-state index contributed by atoms with van der Waals surface area (Å²) in [5, 5.41) is 0.307. The molecule has 2 aromatic carbocycles. The Hall–Kier alpha value is -4.01. The van der Waals surface area contributed by atoms with Gasteiger partial charge in [-0.2, -0.15) is 26.3 Å². The van der Waals surface area contributed by atoms with E-state index in [4.69, 9.17) is 11.6 Å². The van der Waals surface area contributed by atoms with Crippen molar-refractivity contribution in [3.63, 3.8) is 0 Å². The molecule has 220 valence electrons. The maximum Gasteiger partial charge on any atom is 0.573 e. The van der Waals surface area contributed by atoms with Crippen molar-refractivity contribution in [1.29, 1.82) is 0 Å². The third kappa shape index (κ3) is 8.25. The van der Waals surface area contributed by atoms with Crippen molar-refractivity contribution in [2.75, 3.05) is 12.1 Å². The maximum atomic E-state index is 15.0. The van der Waals surface area contributed by atoms with E-state index in [1.165, 1.54) is 19.3 Å². The second-order valence-electron chi connectivity index (χ2n) is 8.22. The Morgan fingerprint density at radius 2 is 1.68 bits per heavy atom. The molecular formula is C25H16ClF10N3O2. The average molecular weight is 616 g/mol. The summed E-state index contributed by atoms with van der Waals surface area (Å²) in [4.78, 5) is 16.5. The van der Waals surface area contributed by atoms with Gasteiger partial charge in [-0.15, -0.1) is 13.2 Å². The van der Waals surface area contributed by atoms with Crippen LogP contribution in [0.1, 0.15) is 33.0 Å². The number of hydrazine groups is 1. The van der Waals surface area contributed by atoms with Gasteiger partial charge in [0.15, 0.2) is 0 Å². The Morgan fingerprint density at radius 3 is 2.24 bits per heavy atom. The van der Waals surface area contributed by atoms with Crippen molar-refractivity contribution >= 4 is 29.2 Å². The molecule has 0 radical (unpaired) electrons. The largest absolute Gasteiger partial charge is 0.573 e. The SMILES string of the molecule is CN(NC(=O)c1ccc(C(F)=CC(c2ccc(Cl)c(OC(F)(F)F)c2)C(F)(F)F)cc1C(F)(F)F)c1ccccn1. The lowest BCUT2D eigenvalue weighted by molar-refractivity contribution is -0.274. The third-order valence-electron chi connectivity index (χ3n) is 5.31. The monoisotopic (exact) mass is 615 g/mol. The number of benzene rings is 2. The predicted molar refractivity (Wildman–Crippen MR) is 128 cm³/mol. The number of pyridine rings is 1. The van der Waals surface area contributed by atoms with Crippen LogP contribution in [0.5, 0.6) is 5.75 Å². The number of hydrogen-bond acceptors (Lipinski definition) is 4. The van der Waals surface area contributed by atoms with Crippen LogP contribution in [0.4, 0.5) is 49.7 Å². The number of nitrogens with zero attached hydrogens (tertiary/aromatic N) is 2. The van der Waals surface area contributed by atoms with Gasteiger partial charge >= 0.3 is 18.7 Å². The molecule has 16 heteroatoms. The zero-order valence-corrected chi connectivity index (χ0v) is 21.1. The third-order valence-corrected chi connectivity index (χ3v) is 5.63. The molecule has 0 aliphatic carbocycles. The number of hydrogen-bond donors (Lipinski definition) is 1. The number of alkyl halides is 9. The van der Waals surface area contributed by atoms with Crippen LogP contribution in [-0.4, -0.2) is 30.5 Å². The molecule has 0 spiro atoms. The highest BCUT2D eigenvalue weighted by Crippen LogP contribution is 2.42. The average Bonchev–Trinajstić information content (AvgIpc) is 2.86. The van der Waals surface area contributed by atoms with Crippen molar-refractivity contribution in [3.05, 3.63) is 94.1 Å². The summed E-state index contributed by atoms with van der Waals surface area (Å²) < 4.78 is 139. The molecule has 0 fully saturated rings. The Bertz CT molecular complexity index is 1420. The first-order chi connectivity index (χ1) is 18.9. The number of ether oxygens (including phenoxy) is 1. The van der Waals surface area contributed by atoms with Crippen LogP contribution >= 0.6 is 11.6 Å². The van der Waals surface area contributed by atoms with Crippen LogP contribution in [-0.2, 0) is 6.18 Å². The van der Waals surface area contributed by atoms with Crippen LogP contribution in [0.15, 0.2) is 66.9 Å². The van der Waals surface area contributed by atoms with Gasteiger partial charge in [-0.1, -0.05) is 29.8 Å². The highest BCUT2D eigenvalue weighted by Gasteiger charge is 2.41. The quantitative estimate of drug-likeness (QED) is 0.216. The molecule has 1 unspecified atom stereocenters. The number of rotatable bonds is 7. The number of allylic oxidation sites excluding steroid dienone is 1. The van der Waals surface area contributed by atoms with E-state index in [-0.39, 0.29) is 24.0 Å². The maximum absolute atomic E-state index is 15.0. The highest BCUT2D eigenvalue weighted by atomic mass is 35.5. The minimum atomic E-state index is -5.31. The molecule has 0 aliphatic heterocycles. The van der Waals surface area contributed by atoms with Gasteiger partial charge in [0.25, 0.3) is 5.91 Å². The molecule has 1 heterocycles. The second-order valence-corrected chi connectivity index (χ2v) is 8.62. The summed E-state index contributed by atoms with van der Waals surface area (Å²) >= 11 is 5.55. The van der Waals surface area contributed by atoms with Gasteiger partial charge < -0.3 is 4.74 Å². The van der Waals surface area contributed by atoms with Gasteiger partial charge in [-0.25, -0.2) is 9.37 Å². The molecule has 0 aliphatic rings. The molecule has 1 atom stereocenters. The van der Waals surface area contributed by atoms with E-state index in [9.17, 15) is 44.3 Å². The first kappa shape index (κ1) is 31.5. The van der Waals surface area contributed by atoms with Gasteiger partial charge in [0.2, 0.25) is 0 Å². The van der Waals surface area contributed by atoms with Crippen molar-refractivity contribution < 1.29 is 53.4 Å². The number of amides is 1. The van der Waals surface area contributed by atoms with Gasteiger partial charge in [-0.05, 0) is 48.0 Å². The first-order valence-electron chi connectivity index (χ1n) is 11.0. The summed E-state index contributed by atoms with van der Waals surface area (Å²) in [7, 11) is 1.28. The molecule has 1 N–H and O–H groups in total. The van der Waals surface area contributed by atoms with Crippen molar-refractivity contribution in [1.82, 2.24) is 10.4 Å². The van der Waals surface area contributed by atoms with Crippen molar-refractivity contribution in [2.24, 2.45) is 0 Å². The van der Waals surface area contributed by atoms with E-state index in [0.29, 0.717) is 24.3 Å². The van der Waals surface area contributed by atoms with E-state index >= 15 is 4.39 Å². The Morgan fingerprint density at radius 1 is 1.00 bits per heavy atom. The van der Waals surface area contributed by atoms with E-state index in [0.717, 1.165) is 5.01 Å². The minimum Gasteiger partial charge on any atom is -0.404 e.